The Morgan fingerprint density at radius 2 is 1.10 bits per heavy atom. The first-order chi connectivity index (χ1) is 19.4. The lowest BCUT2D eigenvalue weighted by Crippen LogP contribution is -2.08. The van der Waals surface area contributed by atoms with E-state index in [-0.39, 0.29) is 33.5 Å². The summed E-state index contributed by atoms with van der Waals surface area (Å²) in [4.78, 5) is 15.0. The van der Waals surface area contributed by atoms with Gasteiger partial charge in [0.05, 0.1) is 16.0 Å². The summed E-state index contributed by atoms with van der Waals surface area (Å²) in [7, 11) is -4.51. The molecular weight excluding hydrogens is 580 g/mol. The summed E-state index contributed by atoms with van der Waals surface area (Å²) in [5, 5.41) is 59.1. The SMILES string of the molecule is O=C(c1cc(-n2nc3ccc(Cl)cc3n2)c(O)cc1O)c1cc(-n2nc3ccc(S(=O)(=O)O)cc3n2)c(O)cc1O. The third kappa shape index (κ3) is 4.53. The van der Waals surface area contributed by atoms with Crippen LogP contribution in [0.2, 0.25) is 5.02 Å². The van der Waals surface area contributed by atoms with E-state index in [0.29, 0.717) is 16.1 Å². The number of ketones is 1. The monoisotopic (exact) mass is 594 g/mol. The van der Waals surface area contributed by atoms with Crippen LogP contribution in [0.25, 0.3) is 33.4 Å². The molecule has 6 rings (SSSR count). The van der Waals surface area contributed by atoms with Gasteiger partial charge in [-0.2, -0.15) is 8.42 Å². The molecule has 0 amide bonds. The lowest BCUT2D eigenvalue weighted by Gasteiger charge is -2.11. The van der Waals surface area contributed by atoms with Gasteiger partial charge in [0, 0.05) is 17.2 Å². The van der Waals surface area contributed by atoms with Crippen LogP contribution in [-0.2, 0) is 10.1 Å². The summed E-state index contributed by atoms with van der Waals surface area (Å²) in [5.74, 6) is -3.15. The van der Waals surface area contributed by atoms with Crippen LogP contribution in [0.15, 0.2) is 65.6 Å². The van der Waals surface area contributed by atoms with Gasteiger partial charge in [0.15, 0.2) is 0 Å². The zero-order valence-electron chi connectivity index (χ0n) is 20.2. The number of phenolic OH excluding ortho intramolecular Hbond substituents is 4. The van der Waals surface area contributed by atoms with Crippen molar-refractivity contribution >= 4 is 49.6 Å². The second-order valence-corrected chi connectivity index (χ2v) is 10.6. The normalized spacial score (nSPS) is 11.9. The highest BCUT2D eigenvalue weighted by Crippen LogP contribution is 2.36. The minimum absolute atomic E-state index is 0.0432. The molecule has 0 saturated carbocycles. The first kappa shape index (κ1) is 26.0. The number of carbonyl (C=O) groups excluding carboxylic acids is 1. The van der Waals surface area contributed by atoms with Crippen molar-refractivity contribution in [2.45, 2.75) is 4.90 Å². The smallest absolute Gasteiger partial charge is 0.294 e. The number of carbonyl (C=O) groups is 1. The van der Waals surface area contributed by atoms with E-state index in [1.54, 1.807) is 18.2 Å². The highest BCUT2D eigenvalue weighted by atomic mass is 35.5. The number of aromatic nitrogens is 6. The maximum atomic E-state index is 13.5. The van der Waals surface area contributed by atoms with Crippen LogP contribution in [-0.4, -0.2) is 69.2 Å². The van der Waals surface area contributed by atoms with Crippen LogP contribution in [0, 0.1) is 0 Å². The molecule has 0 unspecified atom stereocenters. The maximum Gasteiger partial charge on any atom is 0.294 e. The fourth-order valence-corrected chi connectivity index (χ4v) is 4.79. The van der Waals surface area contributed by atoms with E-state index < -0.39 is 43.8 Å². The third-order valence-corrected chi connectivity index (χ3v) is 7.18. The molecule has 41 heavy (non-hydrogen) atoms. The number of nitrogens with zero attached hydrogens (tertiary/aromatic N) is 6. The Hall–Kier alpha value is -5.25. The predicted molar refractivity (Wildman–Crippen MR) is 143 cm³/mol. The summed E-state index contributed by atoms with van der Waals surface area (Å²) >= 11 is 6.00. The lowest BCUT2D eigenvalue weighted by atomic mass is 9.99. The van der Waals surface area contributed by atoms with Crippen LogP contribution >= 0.6 is 11.6 Å². The molecule has 0 aliphatic heterocycles. The predicted octanol–water partition coefficient (Wildman–Crippen LogP) is 3.11. The Balaban J connectivity index is 1.44. The molecule has 206 valence electrons. The summed E-state index contributed by atoms with van der Waals surface area (Å²) in [6.45, 7) is 0. The van der Waals surface area contributed by atoms with E-state index in [1.807, 2.05) is 0 Å². The average molecular weight is 595 g/mol. The van der Waals surface area contributed by atoms with E-state index in [1.165, 1.54) is 6.07 Å². The van der Waals surface area contributed by atoms with Crippen molar-refractivity contribution in [2.75, 3.05) is 0 Å². The fourth-order valence-electron chi connectivity index (χ4n) is 4.12. The Kier molecular flexibility index (Phi) is 5.81. The minimum Gasteiger partial charge on any atom is -0.507 e. The molecule has 16 heteroatoms. The molecule has 0 bridgehead atoms. The van der Waals surface area contributed by atoms with Crippen molar-refractivity contribution < 1.29 is 38.2 Å². The maximum absolute atomic E-state index is 13.5. The molecule has 2 aromatic heterocycles. The van der Waals surface area contributed by atoms with Crippen LogP contribution in [0.5, 0.6) is 23.0 Å². The van der Waals surface area contributed by atoms with Crippen molar-refractivity contribution in [1.82, 2.24) is 30.0 Å². The third-order valence-electron chi connectivity index (χ3n) is 6.10. The average Bonchev–Trinajstić information content (AvgIpc) is 3.51. The van der Waals surface area contributed by atoms with Crippen molar-refractivity contribution in [2.24, 2.45) is 0 Å². The molecular formula is C25H15ClN6O8S. The van der Waals surface area contributed by atoms with E-state index in [0.717, 1.165) is 46.0 Å². The summed E-state index contributed by atoms with van der Waals surface area (Å²) in [6, 6.07) is 12.2. The van der Waals surface area contributed by atoms with Gasteiger partial charge >= 0.3 is 0 Å². The molecule has 4 aromatic carbocycles. The number of fused-ring (bicyclic) bond motifs is 2. The van der Waals surface area contributed by atoms with Crippen LogP contribution in [0.3, 0.4) is 0 Å². The molecule has 0 radical (unpaired) electrons. The van der Waals surface area contributed by atoms with Gasteiger partial charge in [-0.25, -0.2) is 0 Å². The molecule has 5 N–H and O–H groups in total. The van der Waals surface area contributed by atoms with Gasteiger partial charge < -0.3 is 20.4 Å². The van der Waals surface area contributed by atoms with Crippen LogP contribution in [0.4, 0.5) is 0 Å². The van der Waals surface area contributed by atoms with Gasteiger partial charge in [0.1, 0.15) is 56.4 Å². The number of phenols is 4. The number of rotatable bonds is 5. The van der Waals surface area contributed by atoms with E-state index in [2.05, 4.69) is 20.4 Å². The molecule has 14 nitrogen and oxygen atoms in total. The second-order valence-electron chi connectivity index (χ2n) is 8.78. The van der Waals surface area contributed by atoms with Gasteiger partial charge in [-0.1, -0.05) is 11.6 Å². The zero-order chi connectivity index (χ0) is 29.2. The largest absolute Gasteiger partial charge is 0.507 e. The first-order valence-corrected chi connectivity index (χ1v) is 13.3. The molecule has 6 aromatic rings. The molecule has 0 aliphatic rings. The van der Waals surface area contributed by atoms with E-state index >= 15 is 0 Å². The summed E-state index contributed by atoms with van der Waals surface area (Å²) < 4.78 is 32.2. The number of hydrogen-bond acceptors (Lipinski definition) is 11. The number of benzene rings is 4. The number of aromatic hydroxyl groups is 4. The van der Waals surface area contributed by atoms with E-state index in [4.69, 9.17) is 11.6 Å². The Bertz CT molecular complexity index is 2180. The van der Waals surface area contributed by atoms with Crippen molar-refractivity contribution in [3.05, 3.63) is 76.8 Å². The Labute approximate surface area is 233 Å². The fraction of sp³-hybridized carbons (Fsp3) is 0. The second kappa shape index (κ2) is 9.16. The number of hydrogen-bond donors (Lipinski definition) is 5. The van der Waals surface area contributed by atoms with Crippen molar-refractivity contribution in [3.63, 3.8) is 0 Å². The number of halogens is 1. The van der Waals surface area contributed by atoms with Gasteiger partial charge in [-0.15, -0.1) is 30.0 Å². The van der Waals surface area contributed by atoms with Crippen LogP contribution < -0.4 is 0 Å². The topological polar surface area (TPSA) is 214 Å². The van der Waals surface area contributed by atoms with E-state index in [9.17, 15) is 38.2 Å². The van der Waals surface area contributed by atoms with Crippen LogP contribution in [0.1, 0.15) is 15.9 Å². The molecule has 0 saturated heterocycles. The molecule has 0 aliphatic carbocycles. The van der Waals surface area contributed by atoms with Gasteiger partial charge in [-0.3, -0.25) is 9.35 Å². The molecule has 0 atom stereocenters. The Morgan fingerprint density at radius 3 is 1.61 bits per heavy atom. The quantitative estimate of drug-likeness (QED) is 0.144. The molecule has 0 fully saturated rings. The van der Waals surface area contributed by atoms with Gasteiger partial charge in [0.2, 0.25) is 5.78 Å². The van der Waals surface area contributed by atoms with Gasteiger partial charge in [0.25, 0.3) is 10.1 Å². The lowest BCUT2D eigenvalue weighted by molar-refractivity contribution is 0.103. The van der Waals surface area contributed by atoms with Crippen molar-refractivity contribution in [3.8, 4) is 34.4 Å². The molecule has 2 heterocycles. The highest BCUT2D eigenvalue weighted by molar-refractivity contribution is 7.85. The zero-order valence-corrected chi connectivity index (χ0v) is 21.8. The summed E-state index contributed by atoms with van der Waals surface area (Å²) in [6.07, 6.45) is 0. The van der Waals surface area contributed by atoms with Crippen molar-refractivity contribution in [1.29, 1.82) is 0 Å². The highest BCUT2D eigenvalue weighted by Gasteiger charge is 2.24. The summed E-state index contributed by atoms with van der Waals surface area (Å²) in [5.41, 5.74) is 0.119. The Morgan fingerprint density at radius 1 is 0.634 bits per heavy atom. The first-order valence-electron chi connectivity index (χ1n) is 11.4. The molecule has 0 spiro atoms. The standard InChI is InChI=1S/C25H15ClN6O8S/c26-11-1-3-15-17(5-11)29-31(27-15)19-7-13(21(33)9-23(19)35)25(37)14-8-20(24(36)10-22(14)34)32-28-16-4-2-12(41(38,39)40)6-18(16)30-32/h1-10,33-36H,(H,38,39,40). The minimum atomic E-state index is -4.51. The van der Waals surface area contributed by atoms with Gasteiger partial charge in [-0.05, 0) is 48.5 Å².